The molecule has 5 atom stereocenters. The van der Waals surface area contributed by atoms with Gasteiger partial charge in [0.2, 0.25) is 0 Å². The maximum Gasteiger partial charge on any atom is 0.380 e. The molecule has 2 aliphatic rings. The van der Waals surface area contributed by atoms with Gasteiger partial charge in [0.05, 0.1) is 31.4 Å². The quantitative estimate of drug-likeness (QED) is 0.341. The first-order valence-corrected chi connectivity index (χ1v) is 13.7. The summed E-state index contributed by atoms with van der Waals surface area (Å²) >= 11 is 5.92. The number of nitrogens with one attached hydrogen (secondary N) is 1. The van der Waals surface area contributed by atoms with Crippen LogP contribution in [-0.4, -0.2) is 52.2 Å². The molecule has 0 amide bonds. The number of rotatable bonds is 10. The van der Waals surface area contributed by atoms with Gasteiger partial charge < -0.3 is 19.1 Å². The van der Waals surface area contributed by atoms with Crippen LogP contribution in [0, 0.1) is 11.3 Å². The number of aromatic amines is 1. The van der Waals surface area contributed by atoms with Gasteiger partial charge in [0.25, 0.3) is 5.56 Å². The van der Waals surface area contributed by atoms with Gasteiger partial charge in [-0.2, -0.15) is 0 Å². The Kier molecular flexibility index (Phi) is 7.78. The molecule has 196 valence electrons. The van der Waals surface area contributed by atoms with E-state index in [1.54, 1.807) is 26.0 Å². The molecule has 1 aliphatic heterocycles. The van der Waals surface area contributed by atoms with Crippen LogP contribution in [-0.2, 0) is 23.4 Å². The summed E-state index contributed by atoms with van der Waals surface area (Å²) in [6, 6.07) is 7.35. The monoisotopic (exact) mass is 542 g/mol. The number of halogens is 1. The van der Waals surface area contributed by atoms with Crippen LogP contribution >= 0.6 is 19.2 Å². The minimum absolute atomic E-state index is 0.169. The van der Waals surface area contributed by atoms with Gasteiger partial charge in [-0.25, -0.2) is 9.36 Å². The van der Waals surface area contributed by atoms with E-state index >= 15 is 0 Å². The second-order valence-electron chi connectivity index (χ2n) is 9.01. The summed E-state index contributed by atoms with van der Waals surface area (Å²) < 4.78 is 37.4. The SMILES string of the molecule is CCOC(=O)[C@H](C)CP(=O)(OC[C@H]1O[C@@H](n2ccc(=O)[nH]c2=O)C2(CC2)[C@@H]1O)Oc1ccc(Cl)cc1. The van der Waals surface area contributed by atoms with Crippen molar-refractivity contribution < 1.29 is 33.0 Å². The average molecular weight is 543 g/mol. The van der Waals surface area contributed by atoms with Crippen molar-refractivity contribution in [3.05, 3.63) is 62.4 Å². The Labute approximate surface area is 211 Å². The molecule has 1 saturated heterocycles. The largest absolute Gasteiger partial charge is 0.466 e. The molecule has 2 aromatic rings. The van der Waals surface area contributed by atoms with Crippen molar-refractivity contribution in [2.75, 3.05) is 19.4 Å². The second kappa shape index (κ2) is 10.5. The first kappa shape index (κ1) is 26.6. The number of carbonyl (C=O) groups is 1. The van der Waals surface area contributed by atoms with E-state index in [1.165, 1.54) is 29.0 Å². The summed E-state index contributed by atoms with van der Waals surface area (Å²) in [6.45, 7) is 3.07. The lowest BCUT2D eigenvalue weighted by molar-refractivity contribution is -0.146. The zero-order valence-electron chi connectivity index (χ0n) is 19.8. The van der Waals surface area contributed by atoms with Crippen molar-refractivity contribution in [3.8, 4) is 5.75 Å². The molecule has 0 bridgehead atoms. The zero-order valence-corrected chi connectivity index (χ0v) is 21.4. The highest BCUT2D eigenvalue weighted by molar-refractivity contribution is 7.54. The van der Waals surface area contributed by atoms with E-state index in [0.717, 1.165) is 0 Å². The van der Waals surface area contributed by atoms with E-state index in [-0.39, 0.29) is 25.1 Å². The molecule has 1 aliphatic carbocycles. The van der Waals surface area contributed by atoms with E-state index < -0.39 is 54.6 Å². The minimum Gasteiger partial charge on any atom is -0.466 e. The Morgan fingerprint density at radius 3 is 2.61 bits per heavy atom. The topological polar surface area (TPSA) is 146 Å². The molecule has 1 aromatic heterocycles. The lowest BCUT2D eigenvalue weighted by atomic mass is 9.96. The molecule has 1 spiro atoms. The van der Waals surface area contributed by atoms with E-state index in [4.69, 9.17) is 30.1 Å². The number of ether oxygens (including phenoxy) is 2. The Morgan fingerprint density at radius 2 is 2.00 bits per heavy atom. The van der Waals surface area contributed by atoms with Gasteiger partial charge in [-0.3, -0.25) is 23.7 Å². The van der Waals surface area contributed by atoms with Crippen LogP contribution in [0.15, 0.2) is 46.1 Å². The predicted molar refractivity (Wildman–Crippen MR) is 129 cm³/mol. The van der Waals surface area contributed by atoms with Crippen molar-refractivity contribution in [2.24, 2.45) is 11.3 Å². The van der Waals surface area contributed by atoms with Crippen LogP contribution < -0.4 is 15.8 Å². The first-order valence-electron chi connectivity index (χ1n) is 11.6. The fourth-order valence-corrected chi connectivity index (χ4v) is 6.31. The molecule has 1 unspecified atom stereocenters. The lowest BCUT2D eigenvalue weighted by Crippen LogP contribution is -2.35. The van der Waals surface area contributed by atoms with Gasteiger partial charge in [-0.1, -0.05) is 18.5 Å². The predicted octanol–water partition coefficient (Wildman–Crippen LogP) is 2.72. The van der Waals surface area contributed by atoms with Gasteiger partial charge in [-0.15, -0.1) is 0 Å². The van der Waals surface area contributed by atoms with Crippen LogP contribution in [0.5, 0.6) is 5.75 Å². The molecule has 2 heterocycles. The summed E-state index contributed by atoms with van der Waals surface area (Å²) in [5.41, 5.74) is -1.93. The molecular formula is C23H28ClN2O9P. The van der Waals surface area contributed by atoms with Crippen molar-refractivity contribution in [2.45, 2.75) is 45.1 Å². The number of aliphatic hydroxyl groups is 1. The van der Waals surface area contributed by atoms with Crippen LogP contribution in [0.3, 0.4) is 0 Å². The second-order valence-corrected chi connectivity index (χ2v) is 11.5. The van der Waals surface area contributed by atoms with Crippen molar-refractivity contribution in [3.63, 3.8) is 0 Å². The van der Waals surface area contributed by atoms with Gasteiger partial charge in [0.15, 0.2) is 0 Å². The Balaban J connectivity index is 1.52. The standard InChI is InChI=1S/C23H28ClN2O9P/c1-3-32-20(29)14(2)13-36(31,35-16-6-4-15(24)5-7-16)33-12-17-19(28)23(9-10-23)21(34-17)26-11-8-18(27)25-22(26)30/h4-8,11,14,17,19,21,28H,3,9-10,12-13H2,1-2H3,(H,25,27,30)/t14-,17-,19-,21-,36?/m1/s1. The van der Waals surface area contributed by atoms with E-state index in [2.05, 4.69) is 4.98 Å². The zero-order chi connectivity index (χ0) is 26.1. The Morgan fingerprint density at radius 1 is 1.31 bits per heavy atom. The highest BCUT2D eigenvalue weighted by Gasteiger charge is 2.64. The third-order valence-electron chi connectivity index (χ3n) is 6.35. The third kappa shape index (κ3) is 5.60. The van der Waals surface area contributed by atoms with Gasteiger partial charge >= 0.3 is 19.3 Å². The van der Waals surface area contributed by atoms with Gasteiger partial charge in [0, 0.05) is 22.7 Å². The summed E-state index contributed by atoms with van der Waals surface area (Å²) in [4.78, 5) is 38.2. The number of hydrogen-bond donors (Lipinski definition) is 2. The van der Waals surface area contributed by atoms with E-state index in [9.17, 15) is 24.1 Å². The molecular weight excluding hydrogens is 515 g/mol. The number of carbonyl (C=O) groups excluding carboxylic acids is 1. The number of hydrogen-bond acceptors (Lipinski definition) is 9. The molecule has 4 rings (SSSR count). The molecule has 1 saturated carbocycles. The number of benzene rings is 1. The highest BCUT2D eigenvalue weighted by Crippen LogP contribution is 2.62. The lowest BCUT2D eigenvalue weighted by Gasteiger charge is -2.24. The van der Waals surface area contributed by atoms with Crippen LogP contribution in [0.2, 0.25) is 5.02 Å². The van der Waals surface area contributed by atoms with E-state index in [0.29, 0.717) is 17.9 Å². The van der Waals surface area contributed by atoms with Crippen molar-refractivity contribution in [1.82, 2.24) is 9.55 Å². The number of aliphatic hydroxyl groups excluding tert-OH is 1. The minimum atomic E-state index is -3.95. The highest BCUT2D eigenvalue weighted by atomic mass is 35.5. The molecule has 2 fully saturated rings. The number of aromatic nitrogens is 2. The molecule has 1 aromatic carbocycles. The average Bonchev–Trinajstić information content (AvgIpc) is 3.58. The van der Waals surface area contributed by atoms with Crippen LogP contribution in [0.25, 0.3) is 0 Å². The fourth-order valence-electron chi connectivity index (χ4n) is 4.32. The normalized spacial score (nSPS) is 24.7. The molecule has 11 nitrogen and oxygen atoms in total. The first-order chi connectivity index (χ1) is 17.1. The van der Waals surface area contributed by atoms with Crippen LogP contribution in [0.4, 0.5) is 0 Å². The number of nitrogens with zero attached hydrogens (tertiary/aromatic N) is 1. The molecule has 0 radical (unpaired) electrons. The molecule has 13 heteroatoms. The van der Waals surface area contributed by atoms with E-state index in [1.807, 2.05) is 0 Å². The summed E-state index contributed by atoms with van der Waals surface area (Å²) in [5, 5.41) is 11.5. The Bertz CT molecular complexity index is 1260. The van der Waals surface area contributed by atoms with Gasteiger partial charge in [0.1, 0.15) is 18.1 Å². The number of H-pyrrole nitrogens is 1. The molecule has 36 heavy (non-hydrogen) atoms. The van der Waals surface area contributed by atoms with Gasteiger partial charge in [-0.05, 0) is 44.0 Å². The fraction of sp³-hybridized carbons (Fsp3) is 0.522. The van der Waals surface area contributed by atoms with Crippen molar-refractivity contribution in [1.29, 1.82) is 0 Å². The third-order valence-corrected chi connectivity index (χ3v) is 8.63. The molecule has 2 N–H and O–H groups in total. The summed E-state index contributed by atoms with van der Waals surface area (Å²) in [5.74, 6) is -1.12. The maximum atomic E-state index is 13.8. The van der Waals surface area contributed by atoms with Crippen molar-refractivity contribution >= 4 is 25.2 Å². The number of esters is 1. The maximum absolute atomic E-state index is 13.8. The van der Waals surface area contributed by atoms with Crippen LogP contribution in [0.1, 0.15) is 32.9 Å². The smallest absolute Gasteiger partial charge is 0.380 e. The Hall–Kier alpha value is -2.43. The summed E-state index contributed by atoms with van der Waals surface area (Å²) in [6.07, 6.45) is -0.549. The summed E-state index contributed by atoms with van der Waals surface area (Å²) in [7, 11) is -3.95.